The lowest BCUT2D eigenvalue weighted by Gasteiger charge is -2.12. The predicted molar refractivity (Wildman–Crippen MR) is 198 cm³/mol. The molecule has 12 rings (SSSR count). The average Bonchev–Trinajstić information content (AvgIpc) is 3.87. The minimum Gasteiger partial charge on any atom is -0.292 e. The molecular formula is C42H24N4S. The maximum atomic E-state index is 5.43. The Kier molecular flexibility index (Phi) is 4.43. The molecule has 0 N–H and O–H groups in total. The molecule has 0 amide bonds. The molecule has 0 bridgehead atoms. The summed E-state index contributed by atoms with van der Waals surface area (Å²) in [6.07, 6.45) is 6.83. The number of pyridine rings is 2. The number of nitrogens with zero attached hydrogens (tertiary/aromatic N) is 4. The smallest absolute Gasteiger partial charge is 0.146 e. The molecule has 2 aliphatic rings. The molecule has 5 aromatic heterocycles. The summed E-state index contributed by atoms with van der Waals surface area (Å²) in [5, 5.41) is 7.46. The zero-order valence-electron chi connectivity index (χ0n) is 25.2. The molecule has 4 nitrogen and oxygen atoms in total. The first-order chi connectivity index (χ1) is 23.3. The van der Waals surface area contributed by atoms with Gasteiger partial charge in [0.05, 0.1) is 42.5 Å². The van der Waals surface area contributed by atoms with Crippen LogP contribution in [0.2, 0.25) is 0 Å². The summed E-state index contributed by atoms with van der Waals surface area (Å²) in [5.41, 5.74) is 13.3. The number of benzene rings is 5. The largest absolute Gasteiger partial charge is 0.292 e. The minimum atomic E-state index is 0.969. The van der Waals surface area contributed by atoms with Crippen LogP contribution in [0.5, 0.6) is 0 Å². The van der Waals surface area contributed by atoms with Gasteiger partial charge in [-0.15, -0.1) is 11.3 Å². The van der Waals surface area contributed by atoms with E-state index in [9.17, 15) is 0 Å². The second-order valence-corrected chi connectivity index (χ2v) is 13.9. The van der Waals surface area contributed by atoms with E-state index in [2.05, 4.69) is 130 Å². The molecule has 0 spiro atoms. The molecule has 218 valence electrons. The number of para-hydroxylation sites is 3. The van der Waals surface area contributed by atoms with Crippen LogP contribution >= 0.6 is 11.3 Å². The van der Waals surface area contributed by atoms with Gasteiger partial charge in [0.2, 0.25) is 0 Å². The summed E-state index contributed by atoms with van der Waals surface area (Å²) >= 11 is 1.90. The fourth-order valence-electron chi connectivity index (χ4n) is 8.59. The minimum absolute atomic E-state index is 0.969. The molecule has 0 unspecified atom stereocenters. The van der Waals surface area contributed by atoms with Crippen LogP contribution < -0.4 is 0 Å². The zero-order valence-corrected chi connectivity index (χ0v) is 26.0. The van der Waals surface area contributed by atoms with Crippen molar-refractivity contribution in [3.8, 4) is 5.82 Å². The summed E-state index contributed by atoms with van der Waals surface area (Å²) in [6.45, 7) is 0. The highest BCUT2D eigenvalue weighted by atomic mass is 32.1. The molecular weight excluding hydrogens is 593 g/mol. The first-order valence-electron chi connectivity index (χ1n) is 16.2. The van der Waals surface area contributed by atoms with Crippen LogP contribution in [-0.4, -0.2) is 18.9 Å². The van der Waals surface area contributed by atoms with Crippen LogP contribution in [0, 0.1) is 0 Å². The molecule has 5 heterocycles. The topological polar surface area (TPSA) is 35.1 Å². The van der Waals surface area contributed by atoms with Crippen LogP contribution in [-0.2, 0) is 0 Å². The quantitative estimate of drug-likeness (QED) is 0.184. The third-order valence-electron chi connectivity index (χ3n) is 10.5. The van der Waals surface area contributed by atoms with Crippen LogP contribution in [0.3, 0.4) is 0 Å². The highest BCUT2D eigenvalue weighted by Crippen LogP contribution is 2.49. The number of allylic oxidation sites excluding steroid dienone is 4. The van der Waals surface area contributed by atoms with Gasteiger partial charge in [-0.2, -0.15) is 0 Å². The van der Waals surface area contributed by atoms with Crippen molar-refractivity contribution in [1.29, 1.82) is 0 Å². The molecule has 0 saturated carbocycles. The number of imidazole rings is 1. The molecule has 0 atom stereocenters. The molecule has 5 heteroatoms. The summed E-state index contributed by atoms with van der Waals surface area (Å²) in [5.74, 6) is 0.969. The van der Waals surface area contributed by atoms with E-state index in [1.807, 2.05) is 11.3 Å². The van der Waals surface area contributed by atoms with Crippen LogP contribution in [0.1, 0.15) is 24.0 Å². The van der Waals surface area contributed by atoms with E-state index >= 15 is 0 Å². The fraction of sp³-hybridized carbons (Fsp3) is 0.0476. The van der Waals surface area contributed by atoms with Crippen molar-refractivity contribution >= 4 is 103 Å². The lowest BCUT2D eigenvalue weighted by atomic mass is 9.95. The van der Waals surface area contributed by atoms with Gasteiger partial charge < -0.3 is 0 Å². The number of aromatic nitrogens is 4. The molecule has 10 aromatic rings. The SMILES string of the molecule is C1=CC2=C(CC1)c1cccc3nc(-n4c5ccccc5c5ccc6c(sc7c8ccccc8c8nc9ccccc9n8c67)c54)cc2c13. The van der Waals surface area contributed by atoms with Crippen molar-refractivity contribution in [2.75, 3.05) is 0 Å². The Morgan fingerprint density at radius 1 is 0.596 bits per heavy atom. The van der Waals surface area contributed by atoms with E-state index in [1.54, 1.807) is 0 Å². The Morgan fingerprint density at radius 2 is 1.36 bits per heavy atom. The highest BCUT2D eigenvalue weighted by molar-refractivity contribution is 7.27. The van der Waals surface area contributed by atoms with Crippen molar-refractivity contribution in [1.82, 2.24) is 18.9 Å². The molecule has 2 aliphatic carbocycles. The highest BCUT2D eigenvalue weighted by Gasteiger charge is 2.27. The lowest BCUT2D eigenvalue weighted by molar-refractivity contribution is 1.06. The van der Waals surface area contributed by atoms with E-state index in [1.165, 1.54) is 80.5 Å². The number of fused-ring (bicyclic) bond motifs is 16. The Labute approximate surface area is 272 Å². The standard InChI is InChI=1S/C42H24N4S/c1-2-11-24-23(10-1)26-15-9-17-33-37(26)31(24)22-36(43-33)45-34-18-7-5-12-25(34)27-20-21-30-39-40(47-41(30)38(27)45)28-13-3-4-14-29(28)42-44-32-16-6-8-19-35(32)46(39)42/h2-9,11-22H,1,10H2. The summed E-state index contributed by atoms with van der Waals surface area (Å²) in [7, 11) is 0. The van der Waals surface area contributed by atoms with Crippen molar-refractivity contribution in [2.24, 2.45) is 0 Å². The van der Waals surface area contributed by atoms with Crippen molar-refractivity contribution < 1.29 is 0 Å². The predicted octanol–water partition coefficient (Wildman–Crippen LogP) is 11.2. The van der Waals surface area contributed by atoms with E-state index in [-0.39, 0.29) is 0 Å². The second-order valence-electron chi connectivity index (χ2n) is 12.8. The van der Waals surface area contributed by atoms with E-state index in [0.29, 0.717) is 0 Å². The summed E-state index contributed by atoms with van der Waals surface area (Å²) in [4.78, 5) is 10.6. The lowest BCUT2D eigenvalue weighted by Crippen LogP contribution is -1.99. The van der Waals surface area contributed by atoms with Crippen LogP contribution in [0.4, 0.5) is 0 Å². The number of thiophene rings is 1. The third kappa shape index (κ3) is 2.95. The van der Waals surface area contributed by atoms with Gasteiger partial charge in [-0.25, -0.2) is 9.97 Å². The Balaban J connectivity index is 1.29. The molecule has 0 radical (unpaired) electrons. The summed E-state index contributed by atoms with van der Waals surface area (Å²) < 4.78 is 7.38. The first kappa shape index (κ1) is 24.5. The van der Waals surface area contributed by atoms with Gasteiger partial charge in [0, 0.05) is 32.3 Å². The second kappa shape index (κ2) is 8.52. The number of hydrogen-bond acceptors (Lipinski definition) is 3. The van der Waals surface area contributed by atoms with Gasteiger partial charge in [0.1, 0.15) is 11.5 Å². The third-order valence-corrected chi connectivity index (χ3v) is 11.7. The molecule has 0 fully saturated rings. The number of rotatable bonds is 1. The van der Waals surface area contributed by atoms with Crippen LogP contribution in [0.25, 0.3) is 97.4 Å². The average molecular weight is 617 g/mol. The van der Waals surface area contributed by atoms with Gasteiger partial charge in [-0.3, -0.25) is 8.97 Å². The molecule has 0 aliphatic heterocycles. The van der Waals surface area contributed by atoms with Gasteiger partial charge in [0.15, 0.2) is 0 Å². The van der Waals surface area contributed by atoms with Crippen molar-refractivity contribution in [3.63, 3.8) is 0 Å². The van der Waals surface area contributed by atoms with E-state index < -0.39 is 0 Å². The van der Waals surface area contributed by atoms with E-state index in [0.717, 1.165) is 40.9 Å². The molecule has 47 heavy (non-hydrogen) atoms. The summed E-state index contributed by atoms with van der Waals surface area (Å²) in [6, 6.07) is 39.7. The van der Waals surface area contributed by atoms with Crippen molar-refractivity contribution in [2.45, 2.75) is 12.8 Å². The van der Waals surface area contributed by atoms with Gasteiger partial charge in [-0.1, -0.05) is 91.0 Å². The monoisotopic (exact) mass is 616 g/mol. The maximum Gasteiger partial charge on any atom is 0.146 e. The van der Waals surface area contributed by atoms with E-state index in [4.69, 9.17) is 9.97 Å². The fourth-order valence-corrected chi connectivity index (χ4v) is 9.95. The Morgan fingerprint density at radius 3 is 2.30 bits per heavy atom. The maximum absolute atomic E-state index is 5.43. The molecule has 0 saturated heterocycles. The Bertz CT molecular complexity index is 3130. The van der Waals surface area contributed by atoms with Gasteiger partial charge in [-0.05, 0) is 65.4 Å². The number of hydrogen-bond donors (Lipinski definition) is 0. The van der Waals surface area contributed by atoms with Gasteiger partial charge >= 0.3 is 0 Å². The first-order valence-corrected chi connectivity index (χ1v) is 17.1. The Hall–Kier alpha value is -5.78. The normalized spacial score (nSPS) is 14.5. The molecule has 5 aromatic carbocycles. The van der Waals surface area contributed by atoms with Crippen LogP contribution in [0.15, 0.2) is 121 Å². The van der Waals surface area contributed by atoms with Crippen molar-refractivity contribution in [3.05, 3.63) is 132 Å². The zero-order chi connectivity index (χ0) is 30.4. The van der Waals surface area contributed by atoms with Gasteiger partial charge in [0.25, 0.3) is 0 Å².